The normalized spacial score (nSPS) is 12.7. The molecule has 0 spiro atoms. The first-order chi connectivity index (χ1) is 10.1. The first-order valence-corrected chi connectivity index (χ1v) is 7.99. The molecule has 1 aromatic heterocycles. The molecular formula is C18H19BrN2. The SMILES string of the molecule is CC(N)Cc1cn(Cc2cccc(Br)c2)c2ccccc12. The molecule has 0 radical (unpaired) electrons. The van der Waals surface area contributed by atoms with Crippen LogP contribution in [0.1, 0.15) is 18.1 Å². The monoisotopic (exact) mass is 342 g/mol. The fourth-order valence-electron chi connectivity index (χ4n) is 2.80. The highest BCUT2D eigenvalue weighted by atomic mass is 79.9. The zero-order valence-corrected chi connectivity index (χ0v) is 13.7. The molecule has 21 heavy (non-hydrogen) atoms. The van der Waals surface area contributed by atoms with Crippen molar-refractivity contribution in [2.24, 2.45) is 5.73 Å². The zero-order valence-electron chi connectivity index (χ0n) is 12.1. The number of hydrogen-bond donors (Lipinski definition) is 1. The van der Waals surface area contributed by atoms with E-state index in [2.05, 4.69) is 82.1 Å². The number of nitrogens with zero attached hydrogens (tertiary/aromatic N) is 1. The molecule has 0 amide bonds. The lowest BCUT2D eigenvalue weighted by Crippen LogP contribution is -2.17. The molecule has 0 saturated heterocycles. The van der Waals surface area contributed by atoms with Crippen molar-refractivity contribution in [3.05, 3.63) is 70.3 Å². The minimum absolute atomic E-state index is 0.176. The standard InChI is InChI=1S/C18H19BrN2/c1-13(20)9-15-12-21(18-8-3-2-7-17(15)18)11-14-5-4-6-16(19)10-14/h2-8,10,12-13H,9,11,20H2,1H3. The summed E-state index contributed by atoms with van der Waals surface area (Å²) in [5.74, 6) is 0. The van der Waals surface area contributed by atoms with Crippen molar-refractivity contribution in [3.63, 3.8) is 0 Å². The summed E-state index contributed by atoms with van der Waals surface area (Å²) in [5, 5.41) is 1.31. The summed E-state index contributed by atoms with van der Waals surface area (Å²) in [6, 6.07) is 17.2. The largest absolute Gasteiger partial charge is 0.343 e. The molecule has 0 fully saturated rings. The Morgan fingerprint density at radius 2 is 1.95 bits per heavy atom. The van der Waals surface area contributed by atoms with Crippen LogP contribution in [0.4, 0.5) is 0 Å². The lowest BCUT2D eigenvalue weighted by molar-refractivity contribution is 0.735. The van der Waals surface area contributed by atoms with Crippen LogP contribution in [0.5, 0.6) is 0 Å². The predicted molar refractivity (Wildman–Crippen MR) is 92.5 cm³/mol. The summed E-state index contributed by atoms with van der Waals surface area (Å²) < 4.78 is 3.43. The van der Waals surface area contributed by atoms with E-state index in [0.717, 1.165) is 17.4 Å². The van der Waals surface area contributed by atoms with E-state index in [9.17, 15) is 0 Å². The Hall–Kier alpha value is -1.58. The van der Waals surface area contributed by atoms with Gasteiger partial charge in [-0.05, 0) is 42.7 Å². The molecule has 0 aliphatic rings. The number of aromatic nitrogens is 1. The molecule has 0 bridgehead atoms. The van der Waals surface area contributed by atoms with Crippen LogP contribution in [0.25, 0.3) is 10.9 Å². The third-order valence-corrected chi connectivity index (χ3v) is 4.15. The molecule has 2 aromatic carbocycles. The van der Waals surface area contributed by atoms with Crippen molar-refractivity contribution in [2.75, 3.05) is 0 Å². The molecule has 1 heterocycles. The molecule has 0 saturated carbocycles. The molecule has 3 rings (SSSR count). The molecule has 1 unspecified atom stereocenters. The van der Waals surface area contributed by atoms with Crippen LogP contribution in [0.2, 0.25) is 0 Å². The van der Waals surface area contributed by atoms with Crippen LogP contribution in [0, 0.1) is 0 Å². The third-order valence-electron chi connectivity index (χ3n) is 3.65. The molecule has 1 atom stereocenters. The smallest absolute Gasteiger partial charge is 0.0486 e. The van der Waals surface area contributed by atoms with Gasteiger partial charge in [0.15, 0.2) is 0 Å². The Morgan fingerprint density at radius 1 is 1.14 bits per heavy atom. The Kier molecular flexibility index (Phi) is 4.13. The minimum atomic E-state index is 0.176. The number of rotatable bonds is 4. The molecule has 0 aliphatic carbocycles. The van der Waals surface area contributed by atoms with Gasteiger partial charge in [-0.3, -0.25) is 0 Å². The fraction of sp³-hybridized carbons (Fsp3) is 0.222. The third kappa shape index (κ3) is 3.20. The molecule has 0 aliphatic heterocycles. The van der Waals surface area contributed by atoms with Crippen molar-refractivity contribution in [3.8, 4) is 0 Å². The molecule has 2 nitrogen and oxygen atoms in total. The highest BCUT2D eigenvalue weighted by Gasteiger charge is 2.10. The van der Waals surface area contributed by atoms with E-state index in [0.29, 0.717) is 0 Å². The minimum Gasteiger partial charge on any atom is -0.343 e. The van der Waals surface area contributed by atoms with Crippen LogP contribution in [-0.4, -0.2) is 10.6 Å². The van der Waals surface area contributed by atoms with Crippen LogP contribution < -0.4 is 5.73 Å². The fourth-order valence-corrected chi connectivity index (χ4v) is 3.24. The lowest BCUT2D eigenvalue weighted by Gasteiger charge is -2.06. The van der Waals surface area contributed by atoms with Gasteiger partial charge in [0, 0.05) is 34.2 Å². The van der Waals surface area contributed by atoms with Gasteiger partial charge in [0.05, 0.1) is 0 Å². The summed E-state index contributed by atoms with van der Waals surface area (Å²) in [6.07, 6.45) is 3.15. The second-order valence-electron chi connectivity index (χ2n) is 5.61. The van der Waals surface area contributed by atoms with E-state index in [1.54, 1.807) is 0 Å². The summed E-state index contributed by atoms with van der Waals surface area (Å²) in [4.78, 5) is 0. The Morgan fingerprint density at radius 3 is 2.71 bits per heavy atom. The Bertz CT molecular complexity index is 759. The molecule has 3 aromatic rings. The number of hydrogen-bond acceptors (Lipinski definition) is 1. The summed E-state index contributed by atoms with van der Waals surface area (Å²) in [6.45, 7) is 2.93. The van der Waals surface area contributed by atoms with E-state index >= 15 is 0 Å². The van der Waals surface area contributed by atoms with Crippen molar-refractivity contribution in [1.82, 2.24) is 4.57 Å². The average Bonchev–Trinajstić information content (AvgIpc) is 2.77. The van der Waals surface area contributed by atoms with Crippen molar-refractivity contribution >= 4 is 26.8 Å². The maximum atomic E-state index is 5.98. The zero-order chi connectivity index (χ0) is 14.8. The van der Waals surface area contributed by atoms with Crippen LogP contribution in [-0.2, 0) is 13.0 Å². The van der Waals surface area contributed by atoms with Gasteiger partial charge in [-0.15, -0.1) is 0 Å². The highest BCUT2D eigenvalue weighted by Crippen LogP contribution is 2.24. The van der Waals surface area contributed by atoms with Gasteiger partial charge in [0.2, 0.25) is 0 Å². The van der Waals surface area contributed by atoms with E-state index in [4.69, 9.17) is 5.73 Å². The quantitative estimate of drug-likeness (QED) is 0.751. The number of halogens is 1. The summed E-state index contributed by atoms with van der Waals surface area (Å²) >= 11 is 3.54. The van der Waals surface area contributed by atoms with Crippen molar-refractivity contribution in [1.29, 1.82) is 0 Å². The maximum Gasteiger partial charge on any atom is 0.0486 e. The molecule has 2 N–H and O–H groups in total. The average molecular weight is 343 g/mol. The van der Waals surface area contributed by atoms with E-state index in [1.807, 2.05) is 0 Å². The van der Waals surface area contributed by atoms with E-state index in [1.165, 1.54) is 22.0 Å². The van der Waals surface area contributed by atoms with Crippen LogP contribution >= 0.6 is 15.9 Å². The lowest BCUT2D eigenvalue weighted by atomic mass is 10.1. The Balaban J connectivity index is 2.02. The molecule has 3 heteroatoms. The first-order valence-electron chi connectivity index (χ1n) is 7.20. The van der Waals surface area contributed by atoms with Crippen LogP contribution in [0.15, 0.2) is 59.2 Å². The van der Waals surface area contributed by atoms with Crippen molar-refractivity contribution < 1.29 is 0 Å². The van der Waals surface area contributed by atoms with Gasteiger partial charge in [-0.1, -0.05) is 46.3 Å². The van der Waals surface area contributed by atoms with Gasteiger partial charge >= 0.3 is 0 Å². The molecular weight excluding hydrogens is 324 g/mol. The second-order valence-corrected chi connectivity index (χ2v) is 6.53. The number of para-hydroxylation sites is 1. The van der Waals surface area contributed by atoms with Crippen LogP contribution in [0.3, 0.4) is 0 Å². The van der Waals surface area contributed by atoms with Gasteiger partial charge in [-0.2, -0.15) is 0 Å². The first kappa shape index (κ1) is 14.4. The Labute approximate surface area is 133 Å². The maximum absolute atomic E-state index is 5.98. The van der Waals surface area contributed by atoms with E-state index in [-0.39, 0.29) is 6.04 Å². The predicted octanol–water partition coefficient (Wildman–Crippen LogP) is 4.34. The summed E-state index contributed by atoms with van der Waals surface area (Å²) in [7, 11) is 0. The van der Waals surface area contributed by atoms with Crippen molar-refractivity contribution in [2.45, 2.75) is 25.9 Å². The number of benzene rings is 2. The topological polar surface area (TPSA) is 30.9 Å². The summed E-state index contributed by atoms with van der Waals surface area (Å²) in [5.41, 5.74) is 9.87. The van der Waals surface area contributed by atoms with Gasteiger partial charge in [-0.25, -0.2) is 0 Å². The second kappa shape index (κ2) is 6.04. The van der Waals surface area contributed by atoms with Gasteiger partial charge in [0.25, 0.3) is 0 Å². The van der Waals surface area contributed by atoms with Gasteiger partial charge in [0.1, 0.15) is 0 Å². The van der Waals surface area contributed by atoms with E-state index < -0.39 is 0 Å². The number of fused-ring (bicyclic) bond motifs is 1. The number of nitrogens with two attached hydrogens (primary N) is 1. The highest BCUT2D eigenvalue weighted by molar-refractivity contribution is 9.10. The van der Waals surface area contributed by atoms with Gasteiger partial charge < -0.3 is 10.3 Å². The molecule has 108 valence electrons.